The van der Waals surface area contributed by atoms with Crippen molar-refractivity contribution in [2.24, 2.45) is 0 Å². The lowest BCUT2D eigenvalue weighted by Gasteiger charge is -2.19. The molecule has 0 heterocycles. The van der Waals surface area contributed by atoms with Gasteiger partial charge in [-0.1, -0.05) is 25.1 Å². The Kier molecular flexibility index (Phi) is 4.79. The van der Waals surface area contributed by atoms with Crippen LogP contribution >= 0.6 is 0 Å². The van der Waals surface area contributed by atoms with Gasteiger partial charge in [0.05, 0.1) is 0 Å². The SMILES string of the molecule is CCNC(Cc1ccc(F)cc1F)c1ccc(F)cc1. The summed E-state index contributed by atoms with van der Waals surface area (Å²) >= 11 is 0. The van der Waals surface area contributed by atoms with Crippen molar-refractivity contribution in [2.45, 2.75) is 19.4 Å². The number of nitrogens with one attached hydrogen (secondary N) is 1. The molecule has 1 atom stereocenters. The predicted molar refractivity (Wildman–Crippen MR) is 72.9 cm³/mol. The maximum absolute atomic E-state index is 13.7. The fourth-order valence-corrected chi connectivity index (χ4v) is 2.16. The Bertz CT molecular complexity index is 566. The molecule has 2 rings (SSSR count). The first-order valence-electron chi connectivity index (χ1n) is 6.53. The third kappa shape index (κ3) is 3.61. The average molecular weight is 279 g/mol. The van der Waals surface area contributed by atoms with Gasteiger partial charge < -0.3 is 5.32 Å². The second-order valence-corrected chi connectivity index (χ2v) is 4.60. The Morgan fingerprint density at radius 3 is 2.20 bits per heavy atom. The fraction of sp³-hybridized carbons (Fsp3) is 0.250. The van der Waals surface area contributed by atoms with Crippen molar-refractivity contribution in [1.82, 2.24) is 5.32 Å². The third-order valence-corrected chi connectivity index (χ3v) is 3.16. The summed E-state index contributed by atoms with van der Waals surface area (Å²) in [5.74, 6) is -1.46. The molecule has 0 aliphatic carbocycles. The zero-order valence-corrected chi connectivity index (χ0v) is 11.2. The molecule has 0 aliphatic heterocycles. The third-order valence-electron chi connectivity index (χ3n) is 3.16. The number of likely N-dealkylation sites (N-methyl/N-ethyl adjacent to an activating group) is 1. The quantitative estimate of drug-likeness (QED) is 0.872. The van der Waals surface area contributed by atoms with E-state index in [-0.39, 0.29) is 11.9 Å². The van der Waals surface area contributed by atoms with E-state index in [0.717, 1.165) is 11.6 Å². The first-order chi connectivity index (χ1) is 9.60. The predicted octanol–water partition coefficient (Wildman–Crippen LogP) is 4.00. The van der Waals surface area contributed by atoms with Crippen molar-refractivity contribution in [3.05, 3.63) is 71.0 Å². The lowest BCUT2D eigenvalue weighted by atomic mass is 9.98. The summed E-state index contributed by atoms with van der Waals surface area (Å²) in [7, 11) is 0. The van der Waals surface area contributed by atoms with E-state index in [4.69, 9.17) is 0 Å². The molecule has 1 N–H and O–H groups in total. The molecule has 2 aromatic rings. The van der Waals surface area contributed by atoms with E-state index in [9.17, 15) is 13.2 Å². The number of halogens is 3. The first-order valence-corrected chi connectivity index (χ1v) is 6.53. The molecular weight excluding hydrogens is 263 g/mol. The van der Waals surface area contributed by atoms with Gasteiger partial charge in [0.1, 0.15) is 17.5 Å². The molecule has 1 unspecified atom stereocenters. The van der Waals surface area contributed by atoms with Gasteiger partial charge in [-0.25, -0.2) is 13.2 Å². The maximum Gasteiger partial charge on any atom is 0.129 e. The summed E-state index contributed by atoms with van der Waals surface area (Å²) in [4.78, 5) is 0. The van der Waals surface area contributed by atoms with Crippen molar-refractivity contribution in [1.29, 1.82) is 0 Å². The van der Waals surface area contributed by atoms with E-state index >= 15 is 0 Å². The topological polar surface area (TPSA) is 12.0 Å². The van der Waals surface area contributed by atoms with E-state index in [1.807, 2.05) is 6.92 Å². The molecule has 0 radical (unpaired) electrons. The van der Waals surface area contributed by atoms with Crippen LogP contribution in [0.3, 0.4) is 0 Å². The molecule has 106 valence electrons. The minimum absolute atomic E-state index is 0.138. The summed E-state index contributed by atoms with van der Waals surface area (Å²) in [6.45, 7) is 2.64. The van der Waals surface area contributed by atoms with Gasteiger partial charge >= 0.3 is 0 Å². The van der Waals surface area contributed by atoms with Gasteiger partial charge in [0.15, 0.2) is 0 Å². The van der Waals surface area contributed by atoms with Crippen molar-refractivity contribution in [3.8, 4) is 0 Å². The van der Waals surface area contributed by atoms with Gasteiger partial charge in [0, 0.05) is 12.1 Å². The van der Waals surface area contributed by atoms with Crippen molar-refractivity contribution in [3.63, 3.8) is 0 Å². The maximum atomic E-state index is 13.7. The van der Waals surface area contributed by atoms with Crippen molar-refractivity contribution >= 4 is 0 Å². The molecule has 0 amide bonds. The second-order valence-electron chi connectivity index (χ2n) is 4.60. The van der Waals surface area contributed by atoms with Crippen LogP contribution < -0.4 is 5.32 Å². The number of benzene rings is 2. The molecule has 0 aliphatic rings. The lowest BCUT2D eigenvalue weighted by molar-refractivity contribution is 0.520. The van der Waals surface area contributed by atoms with E-state index < -0.39 is 11.6 Å². The van der Waals surface area contributed by atoms with Crippen molar-refractivity contribution < 1.29 is 13.2 Å². The Morgan fingerprint density at radius 2 is 1.60 bits per heavy atom. The Balaban J connectivity index is 2.22. The molecule has 0 fully saturated rings. The standard InChI is InChI=1S/C16H16F3N/c1-2-20-16(11-3-6-13(17)7-4-11)9-12-5-8-14(18)10-15(12)19/h3-8,10,16,20H,2,9H2,1H3. The highest BCUT2D eigenvalue weighted by Crippen LogP contribution is 2.21. The molecule has 2 aromatic carbocycles. The monoisotopic (exact) mass is 279 g/mol. The van der Waals surface area contributed by atoms with Gasteiger partial charge in [0.25, 0.3) is 0 Å². The van der Waals surface area contributed by atoms with Crippen LogP contribution in [0.15, 0.2) is 42.5 Å². The average Bonchev–Trinajstić information content (AvgIpc) is 2.42. The second kappa shape index (κ2) is 6.57. The summed E-state index contributed by atoms with van der Waals surface area (Å²) in [6.07, 6.45) is 0.381. The van der Waals surface area contributed by atoms with Crippen LogP contribution in [0, 0.1) is 17.5 Å². The van der Waals surface area contributed by atoms with Crippen LogP contribution in [0.2, 0.25) is 0 Å². The smallest absolute Gasteiger partial charge is 0.129 e. The van der Waals surface area contributed by atoms with Crippen LogP contribution in [0.25, 0.3) is 0 Å². The molecule has 20 heavy (non-hydrogen) atoms. The summed E-state index contributed by atoms with van der Waals surface area (Å²) in [5, 5.41) is 3.23. The minimum atomic E-state index is -0.590. The molecule has 0 spiro atoms. The highest BCUT2D eigenvalue weighted by molar-refractivity contribution is 5.25. The fourth-order valence-electron chi connectivity index (χ4n) is 2.16. The van der Waals surface area contributed by atoms with Crippen LogP contribution in [-0.4, -0.2) is 6.54 Å². The number of hydrogen-bond acceptors (Lipinski definition) is 1. The molecule has 0 aromatic heterocycles. The van der Waals surface area contributed by atoms with Crippen LogP contribution in [-0.2, 0) is 6.42 Å². The zero-order valence-electron chi connectivity index (χ0n) is 11.2. The molecule has 0 saturated heterocycles. The van der Waals surface area contributed by atoms with Crippen LogP contribution in [0.1, 0.15) is 24.1 Å². The Labute approximate surface area is 116 Å². The Morgan fingerprint density at radius 1 is 0.950 bits per heavy atom. The van der Waals surface area contributed by atoms with E-state index in [0.29, 0.717) is 18.5 Å². The summed E-state index contributed by atoms with van der Waals surface area (Å²) in [5.41, 5.74) is 1.30. The van der Waals surface area contributed by atoms with Gasteiger partial charge in [-0.3, -0.25) is 0 Å². The first kappa shape index (κ1) is 14.6. The molecule has 1 nitrogen and oxygen atoms in total. The van der Waals surface area contributed by atoms with E-state index in [1.54, 1.807) is 12.1 Å². The summed E-state index contributed by atoms with van der Waals surface area (Å²) < 4.78 is 39.6. The van der Waals surface area contributed by atoms with Gasteiger partial charge in [-0.2, -0.15) is 0 Å². The van der Waals surface area contributed by atoms with Crippen LogP contribution in [0.5, 0.6) is 0 Å². The molecule has 4 heteroatoms. The van der Waals surface area contributed by atoms with Gasteiger partial charge in [-0.05, 0) is 42.3 Å². The summed E-state index contributed by atoms with van der Waals surface area (Å²) in [6, 6.07) is 9.52. The van der Waals surface area contributed by atoms with Gasteiger partial charge in [0.2, 0.25) is 0 Å². The molecule has 0 bridgehead atoms. The van der Waals surface area contributed by atoms with E-state index in [2.05, 4.69) is 5.32 Å². The van der Waals surface area contributed by atoms with Crippen LogP contribution in [0.4, 0.5) is 13.2 Å². The molecular formula is C16H16F3N. The minimum Gasteiger partial charge on any atom is -0.310 e. The van der Waals surface area contributed by atoms with Crippen molar-refractivity contribution in [2.75, 3.05) is 6.54 Å². The zero-order chi connectivity index (χ0) is 14.5. The number of hydrogen-bond donors (Lipinski definition) is 1. The highest BCUT2D eigenvalue weighted by atomic mass is 19.1. The van der Waals surface area contributed by atoms with E-state index in [1.165, 1.54) is 24.3 Å². The largest absolute Gasteiger partial charge is 0.310 e. The normalized spacial score (nSPS) is 12.4. The Hall–Kier alpha value is -1.81. The number of rotatable bonds is 5. The van der Waals surface area contributed by atoms with Gasteiger partial charge in [-0.15, -0.1) is 0 Å². The lowest BCUT2D eigenvalue weighted by Crippen LogP contribution is -2.23. The highest BCUT2D eigenvalue weighted by Gasteiger charge is 2.14. The molecule has 0 saturated carbocycles.